The van der Waals surface area contributed by atoms with Crippen molar-refractivity contribution >= 4 is 6.09 Å². The first-order valence-corrected chi connectivity index (χ1v) is 24.9. The molecule has 1 unspecified atom stereocenters. The molecule has 342 valence electrons. The molecule has 0 aromatic heterocycles. The van der Waals surface area contributed by atoms with Gasteiger partial charge in [0.15, 0.2) is 0 Å². The van der Waals surface area contributed by atoms with Gasteiger partial charge in [0.05, 0.1) is 18.8 Å². The predicted octanol–water partition coefficient (Wildman–Crippen LogP) is 14.7. The highest BCUT2D eigenvalue weighted by molar-refractivity contribution is 5.67. The monoisotopic (exact) mass is 813 g/mol. The lowest BCUT2D eigenvalue weighted by atomic mass is 10.0. The Bertz CT molecular complexity index is 794. The highest BCUT2D eigenvalue weighted by Crippen LogP contribution is 2.16. The molecule has 0 saturated heterocycles. The van der Waals surface area contributed by atoms with E-state index in [-0.39, 0.29) is 18.3 Å². The van der Waals surface area contributed by atoms with E-state index in [1.165, 1.54) is 193 Å². The summed E-state index contributed by atoms with van der Waals surface area (Å²) >= 11 is 0. The molecule has 0 aliphatic heterocycles. The van der Waals surface area contributed by atoms with Crippen LogP contribution in [0.5, 0.6) is 0 Å². The molecule has 0 heterocycles. The molecule has 0 aromatic rings. The van der Waals surface area contributed by atoms with Gasteiger partial charge in [0, 0.05) is 26.8 Å². The van der Waals surface area contributed by atoms with Crippen LogP contribution in [0.3, 0.4) is 0 Å². The molecule has 0 spiro atoms. The molecule has 1 atom stereocenters. The summed E-state index contributed by atoms with van der Waals surface area (Å²) in [5.74, 6) is 0. The number of carbonyl (C=O) groups excluding carboxylic acids is 1. The normalized spacial score (nSPS) is 12.5. The molecule has 1 amide bonds. The van der Waals surface area contributed by atoms with E-state index in [9.17, 15) is 4.79 Å². The zero-order valence-electron chi connectivity index (χ0n) is 39.3. The number of hydrogen-bond acceptors (Lipinski definition) is 7. The Morgan fingerprint density at radius 3 is 1.30 bits per heavy atom. The van der Waals surface area contributed by atoms with E-state index in [1.807, 2.05) is 27.8 Å². The Hall–Kier alpha value is -0.930. The van der Waals surface area contributed by atoms with E-state index >= 15 is 0 Å². The molecule has 1 N–H and O–H groups in total. The zero-order valence-corrected chi connectivity index (χ0v) is 39.3. The number of carbonyl (C=O) groups is 1. The minimum Gasteiger partial charge on any atom is -0.447 e. The maximum atomic E-state index is 12.4. The number of hydrogen-bond donors (Lipinski definition) is 1. The molecule has 0 fully saturated rings. The van der Waals surface area contributed by atoms with Gasteiger partial charge in [0.2, 0.25) is 0 Å². The van der Waals surface area contributed by atoms with Crippen LogP contribution < -0.4 is 5.32 Å². The molecule has 0 bridgehead atoms. The van der Waals surface area contributed by atoms with Crippen molar-refractivity contribution in [3.8, 4) is 0 Å². The Labute approximate surface area is 355 Å². The highest BCUT2D eigenvalue weighted by Gasteiger charge is 2.14. The number of unbranched alkanes of at least 4 members (excludes halogenated alkanes) is 30. The van der Waals surface area contributed by atoms with Crippen LogP contribution in [0.15, 0.2) is 0 Å². The molecule has 0 radical (unpaired) electrons. The average molecular weight is 813 g/mol. The van der Waals surface area contributed by atoms with Crippen molar-refractivity contribution in [2.45, 2.75) is 258 Å². The van der Waals surface area contributed by atoms with Gasteiger partial charge < -0.3 is 24.3 Å². The standard InChI is InChI=1S/C49H100N2O6/c1-7-9-11-13-15-17-19-21-23-25-27-29-31-33-35-37-41-53-44-47(45-55-48(52)50-40-39-43-57-51(6)46-56-49(3,4)5)54-42-38-36-34-32-30-28-26-24-22-20-18-16-14-12-10-8-2/h47H,7-46H2,1-6H3,(H,50,52). The smallest absolute Gasteiger partial charge is 0.407 e. The second kappa shape index (κ2) is 44.6. The van der Waals surface area contributed by atoms with Crippen molar-refractivity contribution in [2.24, 2.45) is 0 Å². The van der Waals surface area contributed by atoms with E-state index in [1.54, 1.807) is 5.06 Å². The summed E-state index contributed by atoms with van der Waals surface area (Å²) in [6.45, 7) is 14.1. The first kappa shape index (κ1) is 56.1. The predicted molar refractivity (Wildman–Crippen MR) is 243 cm³/mol. The van der Waals surface area contributed by atoms with Crippen LogP contribution in [0.2, 0.25) is 0 Å². The summed E-state index contributed by atoms with van der Waals surface area (Å²) in [5.41, 5.74) is -0.215. The molecule has 0 saturated carbocycles. The van der Waals surface area contributed by atoms with Gasteiger partial charge in [-0.25, -0.2) is 4.79 Å². The van der Waals surface area contributed by atoms with E-state index in [0.717, 1.165) is 19.4 Å². The van der Waals surface area contributed by atoms with Crippen LogP contribution in [0.25, 0.3) is 0 Å². The minimum absolute atomic E-state index is 0.201. The van der Waals surface area contributed by atoms with Gasteiger partial charge in [-0.1, -0.05) is 206 Å². The molecule has 8 heteroatoms. The summed E-state index contributed by atoms with van der Waals surface area (Å²) < 4.78 is 23.5. The van der Waals surface area contributed by atoms with Gasteiger partial charge in [-0.15, -0.1) is 0 Å². The lowest BCUT2D eigenvalue weighted by Crippen LogP contribution is -2.33. The lowest BCUT2D eigenvalue weighted by Gasteiger charge is -2.24. The molecule has 8 nitrogen and oxygen atoms in total. The molecule has 0 aromatic carbocycles. The maximum Gasteiger partial charge on any atom is 0.407 e. The number of hydroxylamine groups is 2. The Balaban J connectivity index is 4.12. The Morgan fingerprint density at radius 2 is 0.895 bits per heavy atom. The third kappa shape index (κ3) is 47.6. The summed E-state index contributed by atoms with van der Waals surface area (Å²) in [6.07, 6.45) is 43.5. The number of ether oxygens (including phenoxy) is 4. The van der Waals surface area contributed by atoms with Crippen LogP contribution in [0.4, 0.5) is 4.79 Å². The number of rotatable bonds is 46. The number of nitrogens with one attached hydrogen (secondary N) is 1. The zero-order chi connectivity index (χ0) is 41.8. The summed E-state index contributed by atoms with van der Waals surface area (Å²) in [7, 11) is 1.84. The van der Waals surface area contributed by atoms with Gasteiger partial charge in [0.25, 0.3) is 0 Å². The average Bonchev–Trinajstić information content (AvgIpc) is 3.19. The van der Waals surface area contributed by atoms with Crippen molar-refractivity contribution in [2.75, 3.05) is 53.4 Å². The number of nitrogens with zero attached hydrogens (tertiary/aromatic N) is 1. The van der Waals surface area contributed by atoms with Crippen molar-refractivity contribution in [3.63, 3.8) is 0 Å². The van der Waals surface area contributed by atoms with Gasteiger partial charge in [-0.2, -0.15) is 5.06 Å². The van der Waals surface area contributed by atoms with Crippen LogP contribution in [-0.2, 0) is 23.8 Å². The Kier molecular flexibility index (Phi) is 43.9. The third-order valence-corrected chi connectivity index (χ3v) is 10.8. The fourth-order valence-electron chi connectivity index (χ4n) is 7.04. The summed E-state index contributed by atoms with van der Waals surface area (Å²) in [6, 6.07) is 0. The second-order valence-electron chi connectivity index (χ2n) is 17.9. The first-order chi connectivity index (χ1) is 27.8. The van der Waals surface area contributed by atoms with Gasteiger partial charge >= 0.3 is 6.09 Å². The van der Waals surface area contributed by atoms with Crippen molar-refractivity contribution in [1.29, 1.82) is 0 Å². The van der Waals surface area contributed by atoms with E-state index < -0.39 is 6.09 Å². The second-order valence-corrected chi connectivity index (χ2v) is 17.9. The largest absolute Gasteiger partial charge is 0.447 e. The lowest BCUT2D eigenvalue weighted by molar-refractivity contribution is -0.213. The highest BCUT2D eigenvalue weighted by atomic mass is 16.7. The molecule has 0 rings (SSSR count). The minimum atomic E-state index is -0.423. The van der Waals surface area contributed by atoms with E-state index in [4.69, 9.17) is 23.8 Å². The number of alkyl carbamates (subject to hydrolysis) is 1. The fourth-order valence-corrected chi connectivity index (χ4v) is 7.04. The topological polar surface area (TPSA) is 78.5 Å². The third-order valence-electron chi connectivity index (χ3n) is 10.8. The van der Waals surface area contributed by atoms with Crippen LogP contribution in [-0.4, -0.2) is 76.2 Å². The molecule has 57 heavy (non-hydrogen) atoms. The molecule has 0 aliphatic carbocycles. The van der Waals surface area contributed by atoms with Crippen LogP contribution in [0.1, 0.15) is 247 Å². The quantitative estimate of drug-likeness (QED) is 0.0372. The van der Waals surface area contributed by atoms with E-state index in [0.29, 0.717) is 39.5 Å². The Morgan fingerprint density at radius 1 is 0.509 bits per heavy atom. The first-order valence-electron chi connectivity index (χ1n) is 24.9. The SMILES string of the molecule is CCCCCCCCCCCCCCCCCCOCC(COC(=O)NCCCON(C)COC(C)(C)C)OCCCCCCCCCCCCCCCCCC. The van der Waals surface area contributed by atoms with Gasteiger partial charge in [-0.3, -0.25) is 4.84 Å². The van der Waals surface area contributed by atoms with Crippen molar-refractivity contribution < 1.29 is 28.6 Å². The maximum absolute atomic E-state index is 12.4. The molecule has 0 aliphatic rings. The van der Waals surface area contributed by atoms with Crippen molar-refractivity contribution in [1.82, 2.24) is 10.4 Å². The summed E-state index contributed by atoms with van der Waals surface area (Å²) in [4.78, 5) is 18.1. The molecular formula is C49H100N2O6. The number of amides is 1. The molecular weight excluding hydrogens is 713 g/mol. The van der Waals surface area contributed by atoms with Gasteiger partial charge in [0.1, 0.15) is 19.4 Å². The fraction of sp³-hybridized carbons (Fsp3) is 0.980. The van der Waals surface area contributed by atoms with Crippen molar-refractivity contribution in [3.05, 3.63) is 0 Å². The summed E-state index contributed by atoms with van der Waals surface area (Å²) in [5, 5.41) is 4.51. The van der Waals surface area contributed by atoms with Crippen LogP contribution in [0, 0.1) is 0 Å². The van der Waals surface area contributed by atoms with Crippen LogP contribution >= 0.6 is 0 Å². The van der Waals surface area contributed by atoms with Gasteiger partial charge in [-0.05, 0) is 40.0 Å². The van der Waals surface area contributed by atoms with E-state index in [2.05, 4.69) is 19.2 Å².